The predicted molar refractivity (Wildman–Crippen MR) is 146 cm³/mol. The van der Waals surface area contributed by atoms with Crippen LogP contribution in [0, 0.1) is 52.3 Å². The Labute approximate surface area is 229 Å². The molecule has 38 heavy (non-hydrogen) atoms. The number of amides is 1. The zero-order chi connectivity index (χ0) is 28.0. The van der Waals surface area contributed by atoms with Crippen molar-refractivity contribution in [1.29, 1.82) is 0 Å². The molecule has 0 spiro atoms. The third-order valence-electron chi connectivity index (χ3n) is 11.9. The summed E-state index contributed by atoms with van der Waals surface area (Å²) in [6, 6.07) is 0. The van der Waals surface area contributed by atoms with E-state index in [0.29, 0.717) is 36.0 Å². The summed E-state index contributed by atoms with van der Waals surface area (Å²) in [4.78, 5) is 12.3. The van der Waals surface area contributed by atoms with E-state index in [1.165, 1.54) is 0 Å². The largest absolute Gasteiger partial charge is 0.393 e. The van der Waals surface area contributed by atoms with E-state index in [0.717, 1.165) is 57.8 Å². The van der Waals surface area contributed by atoms with Gasteiger partial charge in [0.2, 0.25) is 5.91 Å². The minimum absolute atomic E-state index is 0.0766. The summed E-state index contributed by atoms with van der Waals surface area (Å²) < 4.78 is 30.5. The molecule has 0 aromatic carbocycles. The Morgan fingerprint density at radius 3 is 2.39 bits per heavy atom. The lowest BCUT2D eigenvalue weighted by molar-refractivity contribution is -0.207. The van der Waals surface area contributed by atoms with Crippen LogP contribution in [0.4, 0.5) is 0 Å². The summed E-state index contributed by atoms with van der Waals surface area (Å²) in [6.45, 7) is 8.65. The van der Waals surface area contributed by atoms with Crippen LogP contribution >= 0.6 is 0 Å². The Bertz CT molecular complexity index is 959. The quantitative estimate of drug-likeness (QED) is 0.273. The Morgan fingerprint density at radius 2 is 1.71 bits per heavy atom. The number of fused-ring (bicyclic) bond motifs is 5. The minimum Gasteiger partial charge on any atom is -0.393 e. The van der Waals surface area contributed by atoms with Crippen LogP contribution in [-0.4, -0.2) is 64.8 Å². The zero-order valence-electron chi connectivity index (χ0n) is 23.7. The molecule has 0 bridgehead atoms. The van der Waals surface area contributed by atoms with Gasteiger partial charge < -0.3 is 20.6 Å². The molecule has 4 saturated carbocycles. The number of aliphatic hydroxyl groups excluding tert-OH is 3. The lowest BCUT2D eigenvalue weighted by Gasteiger charge is -2.63. The van der Waals surface area contributed by atoms with Gasteiger partial charge in [-0.25, -0.2) is 0 Å². The number of carbonyl (C=O) groups is 1. The van der Waals surface area contributed by atoms with Gasteiger partial charge in [-0.2, -0.15) is 8.42 Å². The van der Waals surface area contributed by atoms with Gasteiger partial charge in [-0.05, 0) is 97.7 Å². The molecule has 12 atom stereocenters. The van der Waals surface area contributed by atoms with Gasteiger partial charge in [0.15, 0.2) is 0 Å². The van der Waals surface area contributed by atoms with Crippen molar-refractivity contribution in [1.82, 2.24) is 5.32 Å². The van der Waals surface area contributed by atoms with Gasteiger partial charge in [0.1, 0.15) is 0 Å². The maximum atomic E-state index is 12.3. The molecule has 0 saturated heterocycles. The van der Waals surface area contributed by atoms with Crippen molar-refractivity contribution in [2.45, 2.75) is 110 Å². The maximum Gasteiger partial charge on any atom is 0.266 e. The van der Waals surface area contributed by atoms with E-state index in [2.05, 4.69) is 26.1 Å². The van der Waals surface area contributed by atoms with Crippen molar-refractivity contribution < 1.29 is 33.1 Å². The average molecular weight is 558 g/mol. The first-order chi connectivity index (χ1) is 17.7. The van der Waals surface area contributed by atoms with Crippen molar-refractivity contribution in [3.05, 3.63) is 0 Å². The zero-order valence-corrected chi connectivity index (χ0v) is 24.5. The summed E-state index contributed by atoms with van der Waals surface area (Å²) in [5.41, 5.74) is -0.148. The van der Waals surface area contributed by atoms with E-state index in [1.807, 2.05) is 6.92 Å². The fraction of sp³-hybridized carbons (Fsp3) is 0.966. The second kappa shape index (κ2) is 11.3. The van der Waals surface area contributed by atoms with Gasteiger partial charge in [-0.3, -0.25) is 9.35 Å². The molecule has 0 heterocycles. The fourth-order valence-electron chi connectivity index (χ4n) is 9.69. The number of aliphatic hydroxyl groups is 3. The highest BCUT2D eigenvalue weighted by molar-refractivity contribution is 7.85. The number of nitrogens with one attached hydrogen (secondary N) is 1. The van der Waals surface area contributed by atoms with Gasteiger partial charge >= 0.3 is 0 Å². The van der Waals surface area contributed by atoms with Crippen LogP contribution in [-0.2, 0) is 14.9 Å². The van der Waals surface area contributed by atoms with Gasteiger partial charge in [-0.1, -0.05) is 40.5 Å². The van der Waals surface area contributed by atoms with E-state index in [1.54, 1.807) is 0 Å². The Balaban J connectivity index is 1.36. The monoisotopic (exact) mass is 557 g/mol. The Morgan fingerprint density at radius 1 is 1.00 bits per heavy atom. The molecule has 0 aromatic heterocycles. The number of carbonyl (C=O) groups excluding carboxylic acids is 1. The van der Waals surface area contributed by atoms with E-state index in [9.17, 15) is 28.5 Å². The van der Waals surface area contributed by atoms with Crippen LogP contribution in [0.5, 0.6) is 0 Å². The van der Waals surface area contributed by atoms with E-state index in [4.69, 9.17) is 4.55 Å². The number of hydrogen-bond donors (Lipinski definition) is 5. The van der Waals surface area contributed by atoms with Crippen LogP contribution < -0.4 is 5.32 Å². The molecule has 1 unspecified atom stereocenters. The molecule has 0 aliphatic heterocycles. The topological polar surface area (TPSA) is 144 Å². The molecule has 4 fully saturated rings. The average Bonchev–Trinajstić information content (AvgIpc) is 3.18. The highest BCUT2D eigenvalue weighted by Crippen LogP contribution is 2.68. The summed E-state index contributed by atoms with van der Waals surface area (Å²) in [7, 11) is -4.09. The van der Waals surface area contributed by atoms with Crippen LogP contribution in [0.1, 0.15) is 91.9 Å². The molecule has 220 valence electrons. The van der Waals surface area contributed by atoms with Crippen LogP contribution in [0.15, 0.2) is 0 Å². The van der Waals surface area contributed by atoms with Gasteiger partial charge in [0, 0.05) is 12.5 Å². The summed E-state index contributed by atoms with van der Waals surface area (Å²) in [6.07, 6.45) is 7.66. The lowest BCUT2D eigenvalue weighted by Crippen LogP contribution is -2.62. The predicted octanol–water partition coefficient (Wildman–Crippen LogP) is 3.39. The third-order valence-corrected chi connectivity index (χ3v) is 12.6. The molecule has 8 nitrogen and oxygen atoms in total. The minimum atomic E-state index is -4.09. The van der Waals surface area contributed by atoms with Crippen LogP contribution in [0.3, 0.4) is 0 Å². The molecule has 0 radical (unpaired) electrons. The molecular weight excluding hydrogens is 506 g/mol. The first-order valence-corrected chi connectivity index (χ1v) is 16.6. The molecule has 9 heteroatoms. The van der Waals surface area contributed by atoms with Gasteiger partial charge in [0.05, 0.1) is 24.1 Å². The third kappa shape index (κ3) is 5.69. The van der Waals surface area contributed by atoms with Crippen molar-refractivity contribution in [2.75, 3.05) is 12.3 Å². The summed E-state index contributed by atoms with van der Waals surface area (Å²) in [5, 5.41) is 36.0. The SMILES string of the molecule is CC(CCC[C@@H](C)[C@H]1CC[C@H]2[C@@H]3[C@H](O)C[C@@H]4C[C@H](O)CC[C@]4(C)[C@H]3C[C@H](O)[C@]12C)C(=O)NCCS(=O)(=O)O. The van der Waals surface area contributed by atoms with Gasteiger partial charge in [-0.15, -0.1) is 0 Å². The van der Waals surface area contributed by atoms with E-state index < -0.39 is 22.0 Å². The highest BCUT2D eigenvalue weighted by atomic mass is 32.2. The first kappa shape index (κ1) is 30.2. The van der Waals surface area contributed by atoms with Crippen LogP contribution in [0.25, 0.3) is 0 Å². The Kier molecular flexibility index (Phi) is 8.96. The molecular formula is C29H51NO7S. The maximum absolute atomic E-state index is 12.3. The molecule has 4 aliphatic carbocycles. The van der Waals surface area contributed by atoms with E-state index in [-0.39, 0.29) is 47.3 Å². The van der Waals surface area contributed by atoms with Gasteiger partial charge in [0.25, 0.3) is 10.1 Å². The number of hydrogen-bond acceptors (Lipinski definition) is 6. The van der Waals surface area contributed by atoms with Crippen molar-refractivity contribution in [3.63, 3.8) is 0 Å². The first-order valence-electron chi connectivity index (χ1n) is 15.0. The normalized spacial score (nSPS) is 44.4. The molecule has 1 amide bonds. The highest BCUT2D eigenvalue weighted by Gasteiger charge is 2.65. The molecule has 4 aliphatic rings. The second-order valence-electron chi connectivity index (χ2n) is 13.9. The van der Waals surface area contributed by atoms with Crippen molar-refractivity contribution in [3.8, 4) is 0 Å². The van der Waals surface area contributed by atoms with Crippen molar-refractivity contribution in [2.24, 2.45) is 52.3 Å². The summed E-state index contributed by atoms with van der Waals surface area (Å²) in [5.74, 6) is 0.971. The molecule has 4 rings (SSSR count). The fourth-order valence-corrected chi connectivity index (χ4v) is 10.0. The summed E-state index contributed by atoms with van der Waals surface area (Å²) >= 11 is 0. The van der Waals surface area contributed by atoms with Crippen molar-refractivity contribution >= 4 is 16.0 Å². The second-order valence-corrected chi connectivity index (χ2v) is 15.5. The number of rotatable bonds is 9. The van der Waals surface area contributed by atoms with Crippen LogP contribution in [0.2, 0.25) is 0 Å². The molecule has 0 aromatic rings. The Hall–Kier alpha value is -0.740. The lowest BCUT2D eigenvalue weighted by atomic mass is 9.43. The van der Waals surface area contributed by atoms with E-state index >= 15 is 0 Å². The molecule has 5 N–H and O–H groups in total. The smallest absolute Gasteiger partial charge is 0.266 e. The standard InChI is InChI=1S/C29H51NO7S/c1-17(6-5-7-18(2)27(34)30-12-13-38(35,36)37)21-8-9-22-26-23(16-25(33)29(21,22)4)28(3)11-10-20(31)14-19(28)15-24(26)32/h17-26,31-33H,5-16H2,1-4H3,(H,30,34)(H,35,36,37)/t17-,18?,19+,20-,21-,22+,23+,24-,25+,26+,28+,29-/m1/s1.